The fourth-order valence-electron chi connectivity index (χ4n) is 1.66. The van der Waals surface area contributed by atoms with Gasteiger partial charge in [0.15, 0.2) is 12.1 Å². The van der Waals surface area contributed by atoms with E-state index in [0.29, 0.717) is 0 Å². The van der Waals surface area contributed by atoms with Gasteiger partial charge in [-0.3, -0.25) is 4.79 Å². The van der Waals surface area contributed by atoms with E-state index in [1.54, 1.807) is 13.2 Å². The number of ether oxygens (including phenoxy) is 1. The van der Waals surface area contributed by atoms with Crippen LogP contribution in [-0.2, 0) is 0 Å². The lowest BCUT2D eigenvalue weighted by atomic mass is 10.1. The molecule has 5 heteroatoms. The van der Waals surface area contributed by atoms with Crippen LogP contribution in [-0.4, -0.2) is 18.0 Å². The van der Waals surface area contributed by atoms with Gasteiger partial charge in [0.1, 0.15) is 12.0 Å². The molecule has 2 aromatic rings. The van der Waals surface area contributed by atoms with Crippen LogP contribution in [0.25, 0.3) is 0 Å². The van der Waals surface area contributed by atoms with Gasteiger partial charge < -0.3 is 14.5 Å². The predicted octanol–water partition coefficient (Wildman–Crippen LogP) is 2.55. The van der Waals surface area contributed by atoms with Gasteiger partial charge in [-0.2, -0.15) is 0 Å². The first-order chi connectivity index (χ1) is 8.63. The maximum absolute atomic E-state index is 11.8. The fraction of sp³-hybridized carbons (Fsp3) is 0.231. The summed E-state index contributed by atoms with van der Waals surface area (Å²) in [5.41, 5.74) is 2.95. The Morgan fingerprint density at radius 2 is 2.11 bits per heavy atom. The first-order valence-electron chi connectivity index (χ1n) is 5.47. The summed E-state index contributed by atoms with van der Waals surface area (Å²) in [6.07, 6.45) is 2.53. The normalized spacial score (nSPS) is 10.2. The van der Waals surface area contributed by atoms with Crippen molar-refractivity contribution in [2.24, 2.45) is 0 Å². The molecule has 0 unspecified atom stereocenters. The summed E-state index contributed by atoms with van der Waals surface area (Å²) >= 11 is 0. The predicted molar refractivity (Wildman–Crippen MR) is 66.9 cm³/mol. The zero-order valence-corrected chi connectivity index (χ0v) is 10.5. The number of oxazole rings is 1. The van der Waals surface area contributed by atoms with Crippen LogP contribution in [0, 0.1) is 13.8 Å². The molecule has 0 fully saturated rings. The molecule has 0 aliphatic rings. The zero-order valence-electron chi connectivity index (χ0n) is 10.5. The molecular formula is C13H14N2O3. The van der Waals surface area contributed by atoms with Gasteiger partial charge >= 0.3 is 0 Å². The highest BCUT2D eigenvalue weighted by Crippen LogP contribution is 2.27. The SMILES string of the molecule is COc1ccc(NC(=O)c2cocn2)c(C)c1C. The molecule has 0 aliphatic heterocycles. The van der Waals surface area contributed by atoms with Crippen molar-refractivity contribution >= 4 is 11.6 Å². The second kappa shape index (κ2) is 4.91. The number of anilines is 1. The third kappa shape index (κ3) is 2.20. The molecule has 1 amide bonds. The Kier molecular flexibility index (Phi) is 3.32. The van der Waals surface area contributed by atoms with Crippen molar-refractivity contribution in [3.8, 4) is 5.75 Å². The number of nitrogens with one attached hydrogen (secondary N) is 1. The van der Waals surface area contributed by atoms with E-state index < -0.39 is 0 Å². The molecule has 0 saturated heterocycles. The van der Waals surface area contributed by atoms with E-state index in [2.05, 4.69) is 10.3 Å². The van der Waals surface area contributed by atoms with Gasteiger partial charge in [-0.05, 0) is 37.1 Å². The van der Waals surface area contributed by atoms with Crippen molar-refractivity contribution in [3.63, 3.8) is 0 Å². The zero-order chi connectivity index (χ0) is 13.1. The molecule has 1 N–H and O–H groups in total. The Morgan fingerprint density at radius 3 is 2.72 bits per heavy atom. The lowest BCUT2D eigenvalue weighted by molar-refractivity contribution is 0.102. The maximum atomic E-state index is 11.8. The first kappa shape index (κ1) is 12.2. The molecule has 1 aromatic carbocycles. The molecule has 0 atom stereocenters. The Balaban J connectivity index is 2.25. The van der Waals surface area contributed by atoms with E-state index in [-0.39, 0.29) is 11.6 Å². The van der Waals surface area contributed by atoms with Crippen LogP contribution in [0.15, 0.2) is 29.2 Å². The van der Waals surface area contributed by atoms with Crippen molar-refractivity contribution in [1.82, 2.24) is 4.98 Å². The minimum absolute atomic E-state index is 0.253. The van der Waals surface area contributed by atoms with E-state index in [1.807, 2.05) is 19.9 Å². The average Bonchev–Trinajstić information content (AvgIpc) is 2.89. The van der Waals surface area contributed by atoms with Crippen LogP contribution < -0.4 is 10.1 Å². The number of benzene rings is 1. The van der Waals surface area contributed by atoms with Crippen LogP contribution in [0.2, 0.25) is 0 Å². The summed E-state index contributed by atoms with van der Waals surface area (Å²) in [4.78, 5) is 15.6. The van der Waals surface area contributed by atoms with Crippen molar-refractivity contribution in [2.75, 3.05) is 12.4 Å². The van der Waals surface area contributed by atoms with E-state index in [1.165, 1.54) is 12.7 Å². The molecule has 0 radical (unpaired) electrons. The molecular weight excluding hydrogens is 232 g/mol. The maximum Gasteiger partial charge on any atom is 0.277 e. The number of aromatic nitrogens is 1. The van der Waals surface area contributed by atoms with Crippen LogP contribution in [0.5, 0.6) is 5.75 Å². The first-order valence-corrected chi connectivity index (χ1v) is 5.47. The monoisotopic (exact) mass is 246 g/mol. The van der Waals surface area contributed by atoms with E-state index in [9.17, 15) is 4.79 Å². The second-order valence-corrected chi connectivity index (χ2v) is 3.89. The second-order valence-electron chi connectivity index (χ2n) is 3.89. The molecule has 0 aliphatic carbocycles. The number of nitrogens with zero attached hydrogens (tertiary/aromatic N) is 1. The minimum atomic E-state index is -0.295. The van der Waals surface area contributed by atoms with Gasteiger partial charge in [0.2, 0.25) is 0 Å². The number of hydrogen-bond donors (Lipinski definition) is 1. The van der Waals surface area contributed by atoms with Crippen molar-refractivity contribution < 1.29 is 13.9 Å². The number of carbonyl (C=O) groups is 1. The molecule has 18 heavy (non-hydrogen) atoms. The molecule has 1 heterocycles. The summed E-state index contributed by atoms with van der Waals surface area (Å²) in [6.45, 7) is 3.87. The Hall–Kier alpha value is -2.30. The lowest BCUT2D eigenvalue weighted by Crippen LogP contribution is -2.13. The van der Waals surface area contributed by atoms with Gasteiger partial charge in [0.25, 0.3) is 5.91 Å². The molecule has 0 spiro atoms. The van der Waals surface area contributed by atoms with E-state index in [4.69, 9.17) is 9.15 Å². The van der Waals surface area contributed by atoms with Crippen LogP contribution in [0.4, 0.5) is 5.69 Å². The average molecular weight is 246 g/mol. The number of methoxy groups -OCH3 is 1. The number of amides is 1. The number of rotatable bonds is 3. The van der Waals surface area contributed by atoms with Gasteiger partial charge in [-0.1, -0.05) is 0 Å². The van der Waals surface area contributed by atoms with Crippen molar-refractivity contribution in [2.45, 2.75) is 13.8 Å². The molecule has 5 nitrogen and oxygen atoms in total. The Bertz CT molecular complexity index is 562. The highest BCUT2D eigenvalue weighted by atomic mass is 16.5. The van der Waals surface area contributed by atoms with Crippen molar-refractivity contribution in [1.29, 1.82) is 0 Å². The third-order valence-corrected chi connectivity index (χ3v) is 2.87. The quantitative estimate of drug-likeness (QED) is 0.903. The summed E-state index contributed by atoms with van der Waals surface area (Å²) in [6, 6.07) is 3.62. The van der Waals surface area contributed by atoms with Gasteiger partial charge in [0.05, 0.1) is 7.11 Å². The highest BCUT2D eigenvalue weighted by molar-refractivity contribution is 6.03. The summed E-state index contributed by atoms with van der Waals surface area (Å²) in [7, 11) is 1.62. The van der Waals surface area contributed by atoms with E-state index >= 15 is 0 Å². The Labute approximate surface area is 105 Å². The summed E-state index contributed by atoms with van der Waals surface area (Å²) in [5.74, 6) is 0.503. The standard InChI is InChI=1S/C13H14N2O3/c1-8-9(2)12(17-3)5-4-10(8)15-13(16)11-6-18-7-14-11/h4-7H,1-3H3,(H,15,16). The Morgan fingerprint density at radius 1 is 1.33 bits per heavy atom. The smallest absolute Gasteiger partial charge is 0.277 e. The molecule has 94 valence electrons. The fourth-order valence-corrected chi connectivity index (χ4v) is 1.66. The van der Waals surface area contributed by atoms with Crippen LogP contribution >= 0.6 is 0 Å². The lowest BCUT2D eigenvalue weighted by Gasteiger charge is -2.12. The number of hydrogen-bond acceptors (Lipinski definition) is 4. The van der Waals surface area contributed by atoms with E-state index in [0.717, 1.165) is 22.6 Å². The largest absolute Gasteiger partial charge is 0.496 e. The topological polar surface area (TPSA) is 64.4 Å². The summed E-state index contributed by atoms with van der Waals surface area (Å²) < 4.78 is 9.99. The van der Waals surface area contributed by atoms with Gasteiger partial charge in [0, 0.05) is 5.69 Å². The van der Waals surface area contributed by atoms with Crippen LogP contribution in [0.1, 0.15) is 21.6 Å². The van der Waals surface area contributed by atoms with Crippen LogP contribution in [0.3, 0.4) is 0 Å². The van der Waals surface area contributed by atoms with Gasteiger partial charge in [-0.15, -0.1) is 0 Å². The molecule has 2 rings (SSSR count). The van der Waals surface area contributed by atoms with Gasteiger partial charge in [-0.25, -0.2) is 4.98 Å². The summed E-state index contributed by atoms with van der Waals surface area (Å²) in [5, 5.41) is 2.79. The molecule has 1 aromatic heterocycles. The molecule has 0 saturated carbocycles. The highest BCUT2D eigenvalue weighted by Gasteiger charge is 2.12. The van der Waals surface area contributed by atoms with Crippen molar-refractivity contribution in [3.05, 3.63) is 41.6 Å². The molecule has 0 bridgehead atoms. The minimum Gasteiger partial charge on any atom is -0.496 e. The number of carbonyl (C=O) groups excluding carboxylic acids is 1. The third-order valence-electron chi connectivity index (χ3n) is 2.87.